The van der Waals surface area contributed by atoms with E-state index in [1.165, 1.54) is 0 Å². The zero-order chi connectivity index (χ0) is 13.8. The highest BCUT2D eigenvalue weighted by Crippen LogP contribution is 2.23. The van der Waals surface area contributed by atoms with E-state index in [9.17, 15) is 8.42 Å². The van der Waals surface area contributed by atoms with Gasteiger partial charge < -0.3 is 10.9 Å². The first-order valence-corrected chi connectivity index (χ1v) is 7.91. The molecule has 18 heavy (non-hydrogen) atoms. The average molecular weight is 277 g/mol. The lowest BCUT2D eigenvalue weighted by atomic mass is 10.0. The molecule has 0 aromatic heterocycles. The molecule has 1 aliphatic carbocycles. The number of hydrogen-bond acceptors (Lipinski definition) is 4. The zero-order valence-electron chi connectivity index (χ0n) is 11.0. The van der Waals surface area contributed by atoms with Crippen LogP contribution in [0.15, 0.2) is 5.16 Å². The van der Waals surface area contributed by atoms with Gasteiger partial charge in [0.1, 0.15) is 0 Å². The molecule has 0 radical (unpaired) electrons. The van der Waals surface area contributed by atoms with Crippen molar-refractivity contribution in [2.24, 2.45) is 16.8 Å². The van der Waals surface area contributed by atoms with Crippen molar-refractivity contribution in [2.45, 2.75) is 57.2 Å². The predicted molar refractivity (Wildman–Crippen MR) is 71.0 cm³/mol. The van der Waals surface area contributed by atoms with Crippen molar-refractivity contribution in [3.8, 4) is 0 Å². The van der Waals surface area contributed by atoms with E-state index in [0.29, 0.717) is 12.8 Å². The molecule has 0 amide bonds. The molecule has 0 spiro atoms. The minimum absolute atomic E-state index is 0.0701. The van der Waals surface area contributed by atoms with Gasteiger partial charge >= 0.3 is 0 Å². The standard InChI is InChI=1S/C11H23N3O3S/c1-8(2)10(11(12)13-15)14-18(16,17)9-6-4-3-5-7-9/h8-10,14-15H,3-7H2,1-2H3,(H2,12,13). The minimum atomic E-state index is -3.40. The van der Waals surface area contributed by atoms with Crippen LogP contribution < -0.4 is 10.5 Å². The van der Waals surface area contributed by atoms with E-state index >= 15 is 0 Å². The topological polar surface area (TPSA) is 105 Å². The van der Waals surface area contributed by atoms with Crippen molar-refractivity contribution in [1.82, 2.24) is 4.72 Å². The first kappa shape index (κ1) is 15.2. The van der Waals surface area contributed by atoms with Gasteiger partial charge in [0.05, 0.1) is 11.3 Å². The number of rotatable bonds is 5. The van der Waals surface area contributed by atoms with Crippen molar-refractivity contribution in [3.63, 3.8) is 0 Å². The number of amidine groups is 1. The van der Waals surface area contributed by atoms with Crippen molar-refractivity contribution >= 4 is 15.9 Å². The number of nitrogens with zero attached hydrogens (tertiary/aromatic N) is 1. The largest absolute Gasteiger partial charge is 0.409 e. The Labute approximate surface area is 109 Å². The van der Waals surface area contributed by atoms with E-state index in [4.69, 9.17) is 10.9 Å². The van der Waals surface area contributed by atoms with Crippen LogP contribution in [-0.4, -0.2) is 30.8 Å². The second-order valence-corrected chi connectivity index (χ2v) is 7.16. The Balaban J connectivity index is 2.78. The van der Waals surface area contributed by atoms with Gasteiger partial charge in [-0.1, -0.05) is 38.3 Å². The summed E-state index contributed by atoms with van der Waals surface area (Å²) in [6, 6.07) is -0.651. The average Bonchev–Trinajstić information content (AvgIpc) is 2.36. The summed E-state index contributed by atoms with van der Waals surface area (Å²) >= 11 is 0. The molecular weight excluding hydrogens is 254 g/mol. The quantitative estimate of drug-likeness (QED) is 0.302. The maximum absolute atomic E-state index is 12.2. The smallest absolute Gasteiger partial charge is 0.215 e. The molecule has 1 fully saturated rings. The molecular formula is C11H23N3O3S. The Morgan fingerprint density at radius 3 is 2.33 bits per heavy atom. The highest BCUT2D eigenvalue weighted by molar-refractivity contribution is 7.90. The van der Waals surface area contributed by atoms with Gasteiger partial charge in [0.2, 0.25) is 10.0 Å². The van der Waals surface area contributed by atoms with E-state index in [2.05, 4.69) is 9.88 Å². The molecule has 4 N–H and O–H groups in total. The molecule has 0 aliphatic heterocycles. The van der Waals surface area contributed by atoms with Crippen LogP contribution in [0, 0.1) is 5.92 Å². The van der Waals surface area contributed by atoms with Gasteiger partial charge in [-0.15, -0.1) is 0 Å². The highest BCUT2D eigenvalue weighted by Gasteiger charge is 2.31. The van der Waals surface area contributed by atoms with Crippen molar-refractivity contribution in [2.75, 3.05) is 0 Å². The zero-order valence-corrected chi connectivity index (χ0v) is 11.8. The fourth-order valence-electron chi connectivity index (χ4n) is 2.25. The van der Waals surface area contributed by atoms with Gasteiger partial charge in [-0.25, -0.2) is 13.1 Å². The number of hydrogen-bond donors (Lipinski definition) is 3. The van der Waals surface area contributed by atoms with Crippen molar-refractivity contribution in [1.29, 1.82) is 0 Å². The lowest BCUT2D eigenvalue weighted by Crippen LogP contribution is -2.50. The molecule has 0 bridgehead atoms. The first-order chi connectivity index (χ1) is 8.38. The maximum Gasteiger partial charge on any atom is 0.215 e. The maximum atomic E-state index is 12.2. The van der Waals surface area contributed by atoms with Gasteiger partial charge in [-0.3, -0.25) is 0 Å². The van der Waals surface area contributed by atoms with Gasteiger partial charge in [0.15, 0.2) is 5.84 Å². The fourth-order valence-corrected chi connectivity index (χ4v) is 4.14. The van der Waals surface area contributed by atoms with Crippen LogP contribution in [0.3, 0.4) is 0 Å². The van der Waals surface area contributed by atoms with Crippen LogP contribution in [0.1, 0.15) is 46.0 Å². The van der Waals surface area contributed by atoms with Crippen molar-refractivity contribution in [3.05, 3.63) is 0 Å². The number of sulfonamides is 1. The second-order valence-electron chi connectivity index (χ2n) is 5.17. The Kier molecular flexibility index (Phi) is 5.40. The summed E-state index contributed by atoms with van der Waals surface area (Å²) in [6.45, 7) is 3.65. The Hall–Kier alpha value is -0.820. The minimum Gasteiger partial charge on any atom is -0.409 e. The molecule has 1 saturated carbocycles. The van der Waals surface area contributed by atoms with Gasteiger partial charge in [-0.05, 0) is 18.8 Å². The molecule has 1 atom stereocenters. The Morgan fingerprint density at radius 1 is 1.33 bits per heavy atom. The predicted octanol–water partition coefficient (Wildman–Crippen LogP) is 1.01. The molecule has 0 saturated heterocycles. The number of oxime groups is 1. The lowest BCUT2D eigenvalue weighted by Gasteiger charge is -2.26. The van der Waals surface area contributed by atoms with E-state index in [1.54, 1.807) is 0 Å². The van der Waals surface area contributed by atoms with Crippen LogP contribution in [0.2, 0.25) is 0 Å². The summed E-state index contributed by atoms with van der Waals surface area (Å²) in [7, 11) is -3.40. The third-order valence-corrected chi connectivity index (χ3v) is 5.31. The summed E-state index contributed by atoms with van der Waals surface area (Å²) < 4.78 is 27.0. The Bertz CT molecular complexity index is 386. The molecule has 7 heteroatoms. The molecule has 6 nitrogen and oxygen atoms in total. The molecule has 0 aromatic carbocycles. The Morgan fingerprint density at radius 2 is 1.89 bits per heavy atom. The van der Waals surface area contributed by atoms with Gasteiger partial charge in [0.25, 0.3) is 0 Å². The summed E-state index contributed by atoms with van der Waals surface area (Å²) in [5.41, 5.74) is 5.53. The van der Waals surface area contributed by atoms with E-state index in [1.807, 2.05) is 13.8 Å². The molecule has 1 aliphatic rings. The number of nitrogens with two attached hydrogens (primary N) is 1. The van der Waals surface area contributed by atoms with E-state index in [-0.39, 0.29) is 17.0 Å². The second kappa shape index (κ2) is 6.38. The van der Waals surface area contributed by atoms with Crippen molar-refractivity contribution < 1.29 is 13.6 Å². The van der Waals surface area contributed by atoms with Crippen LogP contribution in [0.25, 0.3) is 0 Å². The molecule has 0 aromatic rings. The normalized spacial score (nSPS) is 21.2. The van der Waals surface area contributed by atoms with Crippen LogP contribution in [-0.2, 0) is 10.0 Å². The van der Waals surface area contributed by atoms with Crippen LogP contribution in [0.4, 0.5) is 0 Å². The van der Waals surface area contributed by atoms with E-state index in [0.717, 1.165) is 19.3 Å². The number of nitrogens with one attached hydrogen (secondary N) is 1. The van der Waals surface area contributed by atoms with Gasteiger partial charge in [0, 0.05) is 0 Å². The SMILES string of the molecule is CC(C)C(NS(=O)(=O)C1CCCCC1)C(N)=NO. The third kappa shape index (κ3) is 3.84. The first-order valence-electron chi connectivity index (χ1n) is 6.37. The van der Waals surface area contributed by atoms with E-state index < -0.39 is 16.1 Å². The monoisotopic (exact) mass is 277 g/mol. The molecule has 1 unspecified atom stereocenters. The van der Waals surface area contributed by atoms with Gasteiger partial charge in [-0.2, -0.15) is 0 Å². The lowest BCUT2D eigenvalue weighted by molar-refractivity contribution is 0.313. The molecule has 0 heterocycles. The fraction of sp³-hybridized carbons (Fsp3) is 0.909. The summed E-state index contributed by atoms with van der Waals surface area (Å²) in [4.78, 5) is 0. The molecule has 1 rings (SSSR count). The molecule has 106 valence electrons. The van der Waals surface area contributed by atoms with Crippen LogP contribution in [0.5, 0.6) is 0 Å². The summed E-state index contributed by atoms with van der Waals surface area (Å²) in [5, 5.41) is 11.2. The summed E-state index contributed by atoms with van der Waals surface area (Å²) in [6.07, 6.45) is 4.37. The summed E-state index contributed by atoms with van der Waals surface area (Å²) in [5.74, 6) is -0.163. The van der Waals surface area contributed by atoms with Crippen LogP contribution >= 0.6 is 0 Å². The highest BCUT2D eigenvalue weighted by atomic mass is 32.2. The third-order valence-electron chi connectivity index (χ3n) is 3.38.